The lowest BCUT2D eigenvalue weighted by Crippen LogP contribution is -2.27. The van der Waals surface area contributed by atoms with Gasteiger partial charge in [0.1, 0.15) is 6.10 Å². The van der Waals surface area contributed by atoms with E-state index in [1.54, 1.807) is 38.5 Å². The molecular formula is C22H26N2O5. The molecule has 0 spiro atoms. The van der Waals surface area contributed by atoms with Gasteiger partial charge in [-0.05, 0) is 61.2 Å². The maximum absolute atomic E-state index is 12.3. The number of rotatable bonds is 8. The van der Waals surface area contributed by atoms with E-state index in [-0.39, 0.29) is 17.9 Å². The van der Waals surface area contributed by atoms with E-state index in [0.29, 0.717) is 42.3 Å². The second kappa shape index (κ2) is 9.93. The number of anilines is 1. The van der Waals surface area contributed by atoms with E-state index in [1.165, 1.54) is 0 Å². The maximum Gasteiger partial charge on any atom is 0.253 e. The maximum atomic E-state index is 12.3. The number of benzene rings is 2. The Morgan fingerprint density at radius 3 is 2.48 bits per heavy atom. The minimum absolute atomic E-state index is 0.144. The number of methoxy groups -OCH3 is 2. The van der Waals surface area contributed by atoms with Gasteiger partial charge in [0, 0.05) is 24.4 Å². The zero-order valence-corrected chi connectivity index (χ0v) is 16.7. The molecule has 0 aromatic heterocycles. The Hall–Kier alpha value is -3.06. The normalized spacial score (nSPS) is 15.6. The van der Waals surface area contributed by atoms with E-state index in [0.717, 1.165) is 18.4 Å². The number of hydrogen-bond acceptors (Lipinski definition) is 5. The summed E-state index contributed by atoms with van der Waals surface area (Å²) >= 11 is 0. The van der Waals surface area contributed by atoms with Crippen LogP contribution in [-0.2, 0) is 16.0 Å². The summed E-state index contributed by atoms with van der Waals surface area (Å²) in [5.41, 5.74) is 2.22. The van der Waals surface area contributed by atoms with E-state index in [4.69, 9.17) is 14.2 Å². The smallest absolute Gasteiger partial charge is 0.253 e. The van der Waals surface area contributed by atoms with Gasteiger partial charge in [0.2, 0.25) is 0 Å². The summed E-state index contributed by atoms with van der Waals surface area (Å²) in [6.45, 7) is 1.12. The Morgan fingerprint density at radius 1 is 1.07 bits per heavy atom. The largest absolute Gasteiger partial charge is 0.493 e. The van der Waals surface area contributed by atoms with Gasteiger partial charge in [-0.25, -0.2) is 0 Å². The number of amides is 2. The summed E-state index contributed by atoms with van der Waals surface area (Å²) in [6.07, 6.45) is 1.93. The van der Waals surface area contributed by atoms with Crippen molar-refractivity contribution in [2.75, 3.05) is 32.7 Å². The number of ether oxygens (including phenoxy) is 3. The fourth-order valence-electron chi connectivity index (χ4n) is 3.17. The summed E-state index contributed by atoms with van der Waals surface area (Å²) in [4.78, 5) is 24.4. The molecule has 1 fully saturated rings. The van der Waals surface area contributed by atoms with Crippen LogP contribution in [0.25, 0.3) is 0 Å². The van der Waals surface area contributed by atoms with Crippen LogP contribution in [0.2, 0.25) is 0 Å². The van der Waals surface area contributed by atoms with Crippen molar-refractivity contribution in [2.24, 2.45) is 0 Å². The predicted molar refractivity (Wildman–Crippen MR) is 110 cm³/mol. The van der Waals surface area contributed by atoms with Gasteiger partial charge in [-0.3, -0.25) is 9.59 Å². The standard InChI is InChI=1S/C22H26N2O5/c1-27-18-10-5-15(14-20(18)28-2)11-12-23-21(25)16-6-8-17(9-7-16)24-22(26)19-4-3-13-29-19/h5-10,14,19H,3-4,11-13H2,1-2H3,(H,23,25)(H,24,26)/t19-/m0/s1. The highest BCUT2D eigenvalue weighted by Crippen LogP contribution is 2.27. The second-order valence-corrected chi connectivity index (χ2v) is 6.76. The average molecular weight is 398 g/mol. The summed E-state index contributed by atoms with van der Waals surface area (Å²) in [6, 6.07) is 12.5. The van der Waals surface area contributed by atoms with E-state index in [1.807, 2.05) is 18.2 Å². The molecule has 2 aromatic rings. The molecule has 7 heteroatoms. The van der Waals surface area contributed by atoms with Crippen LogP contribution < -0.4 is 20.1 Å². The minimum atomic E-state index is -0.380. The van der Waals surface area contributed by atoms with Crippen molar-refractivity contribution in [1.29, 1.82) is 0 Å². The monoisotopic (exact) mass is 398 g/mol. The predicted octanol–water partition coefficient (Wildman–Crippen LogP) is 2.79. The van der Waals surface area contributed by atoms with Crippen LogP contribution >= 0.6 is 0 Å². The van der Waals surface area contributed by atoms with Crippen LogP contribution in [0.15, 0.2) is 42.5 Å². The Balaban J connectivity index is 1.48. The first-order chi connectivity index (χ1) is 14.1. The molecule has 2 N–H and O–H groups in total. The van der Waals surface area contributed by atoms with Gasteiger partial charge in [0.05, 0.1) is 14.2 Å². The molecule has 1 heterocycles. The zero-order valence-electron chi connectivity index (χ0n) is 16.7. The van der Waals surface area contributed by atoms with E-state index in [2.05, 4.69) is 10.6 Å². The van der Waals surface area contributed by atoms with Gasteiger partial charge in [-0.15, -0.1) is 0 Å². The highest BCUT2D eigenvalue weighted by Gasteiger charge is 2.23. The first kappa shape index (κ1) is 20.7. The van der Waals surface area contributed by atoms with E-state index < -0.39 is 0 Å². The van der Waals surface area contributed by atoms with E-state index in [9.17, 15) is 9.59 Å². The molecule has 2 aromatic carbocycles. The summed E-state index contributed by atoms with van der Waals surface area (Å²) in [5.74, 6) is 1.03. The second-order valence-electron chi connectivity index (χ2n) is 6.76. The molecule has 0 saturated carbocycles. The van der Waals surface area contributed by atoms with Crippen LogP contribution in [-0.4, -0.2) is 45.3 Å². The van der Waals surface area contributed by atoms with Crippen molar-refractivity contribution >= 4 is 17.5 Å². The summed E-state index contributed by atoms with van der Waals surface area (Å²) in [5, 5.41) is 5.72. The Morgan fingerprint density at radius 2 is 1.83 bits per heavy atom. The fourth-order valence-corrected chi connectivity index (χ4v) is 3.17. The van der Waals surface area contributed by atoms with Crippen molar-refractivity contribution in [3.63, 3.8) is 0 Å². The first-order valence-corrected chi connectivity index (χ1v) is 9.62. The average Bonchev–Trinajstić information content (AvgIpc) is 3.29. The number of carbonyl (C=O) groups excluding carboxylic acids is 2. The topological polar surface area (TPSA) is 85.9 Å². The van der Waals surface area contributed by atoms with Crippen molar-refractivity contribution < 1.29 is 23.8 Å². The van der Waals surface area contributed by atoms with Gasteiger partial charge in [-0.1, -0.05) is 6.07 Å². The van der Waals surface area contributed by atoms with Crippen molar-refractivity contribution in [1.82, 2.24) is 5.32 Å². The van der Waals surface area contributed by atoms with Gasteiger partial charge in [-0.2, -0.15) is 0 Å². The van der Waals surface area contributed by atoms with Gasteiger partial charge in [0.15, 0.2) is 11.5 Å². The third kappa shape index (κ3) is 5.48. The molecule has 0 bridgehead atoms. The van der Waals surface area contributed by atoms with Crippen LogP contribution in [0.5, 0.6) is 11.5 Å². The molecule has 0 radical (unpaired) electrons. The van der Waals surface area contributed by atoms with E-state index >= 15 is 0 Å². The summed E-state index contributed by atoms with van der Waals surface area (Å²) < 4.78 is 15.9. The van der Waals surface area contributed by atoms with Gasteiger partial charge in [0.25, 0.3) is 11.8 Å². The molecule has 1 aliphatic heterocycles. The molecule has 0 aliphatic carbocycles. The lowest BCUT2D eigenvalue weighted by molar-refractivity contribution is -0.124. The molecule has 1 atom stereocenters. The molecule has 2 amide bonds. The molecule has 3 rings (SSSR count). The number of hydrogen-bond donors (Lipinski definition) is 2. The molecular weight excluding hydrogens is 372 g/mol. The van der Waals surface area contributed by atoms with Crippen molar-refractivity contribution in [3.8, 4) is 11.5 Å². The number of carbonyl (C=O) groups is 2. The van der Waals surface area contributed by atoms with Crippen LogP contribution in [0, 0.1) is 0 Å². The molecule has 0 unspecified atom stereocenters. The Kier molecular flexibility index (Phi) is 7.08. The van der Waals surface area contributed by atoms with Crippen molar-refractivity contribution in [3.05, 3.63) is 53.6 Å². The first-order valence-electron chi connectivity index (χ1n) is 9.62. The molecule has 1 aliphatic rings. The van der Waals surface area contributed by atoms with Crippen LogP contribution in [0.4, 0.5) is 5.69 Å². The third-order valence-electron chi connectivity index (χ3n) is 4.78. The molecule has 1 saturated heterocycles. The van der Waals surface area contributed by atoms with Crippen LogP contribution in [0.3, 0.4) is 0 Å². The number of nitrogens with one attached hydrogen (secondary N) is 2. The highest BCUT2D eigenvalue weighted by molar-refractivity contribution is 5.96. The van der Waals surface area contributed by atoms with Crippen molar-refractivity contribution in [2.45, 2.75) is 25.4 Å². The van der Waals surface area contributed by atoms with Gasteiger partial charge < -0.3 is 24.8 Å². The molecule has 29 heavy (non-hydrogen) atoms. The highest BCUT2D eigenvalue weighted by atomic mass is 16.5. The third-order valence-corrected chi connectivity index (χ3v) is 4.78. The molecule has 7 nitrogen and oxygen atoms in total. The minimum Gasteiger partial charge on any atom is -0.493 e. The zero-order chi connectivity index (χ0) is 20.6. The lowest BCUT2D eigenvalue weighted by Gasteiger charge is -2.11. The fraction of sp³-hybridized carbons (Fsp3) is 0.364. The van der Waals surface area contributed by atoms with Crippen LogP contribution in [0.1, 0.15) is 28.8 Å². The SMILES string of the molecule is COc1ccc(CCNC(=O)c2ccc(NC(=O)[C@@H]3CCCO3)cc2)cc1OC. The quantitative estimate of drug-likeness (QED) is 0.714. The lowest BCUT2D eigenvalue weighted by atomic mass is 10.1. The molecule has 154 valence electrons. The summed E-state index contributed by atoms with van der Waals surface area (Å²) in [7, 11) is 3.19. The Bertz CT molecular complexity index is 845. The van der Waals surface area contributed by atoms with Gasteiger partial charge >= 0.3 is 0 Å². The Labute approximate surface area is 170 Å².